The zero-order valence-electron chi connectivity index (χ0n) is 26.9. The van der Waals surface area contributed by atoms with Crippen molar-refractivity contribution < 1.29 is 45.9 Å². The van der Waals surface area contributed by atoms with E-state index in [0.29, 0.717) is 35.8 Å². The molecule has 1 heterocycles. The largest absolute Gasteiger partial charge is 0.453 e. The first-order valence-electron chi connectivity index (χ1n) is 16.8. The molecule has 12 heteroatoms. The van der Waals surface area contributed by atoms with Crippen LogP contribution in [0.25, 0.3) is 0 Å². The van der Waals surface area contributed by atoms with Crippen LogP contribution in [0.1, 0.15) is 95.6 Å². The van der Waals surface area contributed by atoms with Gasteiger partial charge in [0.15, 0.2) is 0 Å². The molecular weight excluding hydrogens is 629 g/mol. The van der Waals surface area contributed by atoms with Crippen LogP contribution in [-0.2, 0) is 17.2 Å². The smallest absolute Gasteiger partial charge is 0.410 e. The number of carbonyl (C=O) groups excluding carboxylic acids is 1. The molecule has 0 spiro atoms. The van der Waals surface area contributed by atoms with E-state index in [1.807, 2.05) is 12.1 Å². The summed E-state index contributed by atoms with van der Waals surface area (Å²) in [5, 5.41) is 20.2. The van der Waals surface area contributed by atoms with Gasteiger partial charge in [-0.25, -0.2) is 4.79 Å². The quantitative estimate of drug-likeness (QED) is 0.242. The normalized spacial score (nSPS) is 31.7. The predicted molar refractivity (Wildman–Crippen MR) is 165 cm³/mol. The second kappa shape index (κ2) is 13.6. The van der Waals surface area contributed by atoms with Crippen LogP contribution < -0.4 is 4.74 Å². The van der Waals surface area contributed by atoms with Crippen LogP contribution in [0.5, 0.6) is 5.75 Å². The Morgan fingerprint density at radius 2 is 1.85 bits per heavy atom. The van der Waals surface area contributed by atoms with Crippen molar-refractivity contribution in [1.82, 2.24) is 4.90 Å². The molecule has 9 atom stereocenters. The highest BCUT2D eigenvalue weighted by Crippen LogP contribution is 2.63. The molecule has 0 aromatic heterocycles. The van der Waals surface area contributed by atoms with E-state index in [-0.39, 0.29) is 41.5 Å². The van der Waals surface area contributed by atoms with E-state index in [2.05, 4.69) is 19.9 Å². The Hall–Kier alpha value is -1.79. The number of halogens is 5. The maximum Gasteiger partial charge on any atom is 0.453 e. The molecule has 1 saturated heterocycles. The fraction of sp³-hybridized carbons (Fsp3) is 0.794. The van der Waals surface area contributed by atoms with Gasteiger partial charge in [-0.15, -0.1) is 0 Å². The number of carbonyl (C=O) groups is 1. The van der Waals surface area contributed by atoms with Crippen molar-refractivity contribution >= 4 is 16.9 Å². The Morgan fingerprint density at radius 3 is 2.52 bits per heavy atom. The summed E-state index contributed by atoms with van der Waals surface area (Å²) in [6.45, 7) is 6.61. The highest BCUT2D eigenvalue weighted by Gasteiger charge is 2.57. The number of hydrogen-bond donors (Lipinski definition) is 2. The molecule has 0 radical (unpaired) electrons. The molecule has 6 nitrogen and oxygen atoms in total. The Morgan fingerprint density at radius 1 is 1.13 bits per heavy atom. The average Bonchev–Trinajstić information content (AvgIpc) is 3.26. The number of fused-ring (bicyclic) bond motifs is 5. The lowest BCUT2D eigenvalue weighted by atomic mass is 9.52. The second-order valence-corrected chi connectivity index (χ2v) is 16.8. The van der Waals surface area contributed by atoms with E-state index < -0.39 is 47.9 Å². The summed E-state index contributed by atoms with van der Waals surface area (Å²) in [4.78, 5) is 14.0. The minimum absolute atomic E-state index is 0.117. The first kappa shape index (κ1) is 35.5. The molecule has 1 amide bonds. The van der Waals surface area contributed by atoms with Crippen molar-refractivity contribution in [2.24, 2.45) is 29.1 Å². The van der Waals surface area contributed by atoms with Crippen molar-refractivity contribution in [2.75, 3.05) is 18.8 Å². The molecule has 260 valence electrons. The number of β-amino-alcohol motifs (C(OH)–C–C–N with tert-alkyl or cyclic N) is 1. The molecule has 5 rings (SSSR count). The van der Waals surface area contributed by atoms with Gasteiger partial charge in [0, 0.05) is 28.2 Å². The van der Waals surface area contributed by atoms with Crippen LogP contribution in [0.15, 0.2) is 18.2 Å². The highest BCUT2D eigenvalue weighted by molar-refractivity contribution is 7.85. The number of ether oxygens (including phenoxy) is 1. The molecule has 0 bridgehead atoms. The highest BCUT2D eigenvalue weighted by atomic mass is 32.2. The van der Waals surface area contributed by atoms with E-state index in [9.17, 15) is 41.2 Å². The summed E-state index contributed by atoms with van der Waals surface area (Å²) in [7, 11) is -1.50. The summed E-state index contributed by atoms with van der Waals surface area (Å²) < 4.78 is 82.4. The molecule has 2 saturated carbocycles. The SMILES string of the molecule is CC(CC[C@@H]1Cc2cc(OC(=O)N3CC(O)C3)ccc2[C@H]2CC[C@]3(C)[C@@H](O)CC[C@H]3[C@H]12)CC(C)S(=O)CCCC(F)(F)C(F)(F)F. The monoisotopic (exact) mass is 677 g/mol. The van der Waals surface area contributed by atoms with Gasteiger partial charge in [0.1, 0.15) is 5.75 Å². The molecular formula is C34H48F5NO5S. The fourth-order valence-electron chi connectivity index (χ4n) is 8.92. The number of likely N-dealkylation sites (tertiary alicyclic amines) is 1. The average molecular weight is 678 g/mol. The number of rotatable bonds is 11. The lowest BCUT2D eigenvalue weighted by molar-refractivity contribution is -0.284. The lowest BCUT2D eigenvalue weighted by Gasteiger charge is -2.53. The summed E-state index contributed by atoms with van der Waals surface area (Å²) in [6, 6.07) is 5.92. The minimum atomic E-state index is -5.59. The van der Waals surface area contributed by atoms with Crippen LogP contribution in [-0.4, -0.2) is 73.8 Å². The van der Waals surface area contributed by atoms with Crippen LogP contribution in [0.3, 0.4) is 0 Å². The molecule has 3 unspecified atom stereocenters. The molecule has 1 aromatic rings. The van der Waals surface area contributed by atoms with E-state index in [1.54, 1.807) is 6.92 Å². The van der Waals surface area contributed by atoms with Gasteiger partial charge in [0.2, 0.25) is 0 Å². The predicted octanol–water partition coefficient (Wildman–Crippen LogP) is 7.23. The number of amides is 1. The Labute approximate surface area is 270 Å². The van der Waals surface area contributed by atoms with Crippen molar-refractivity contribution in [3.63, 3.8) is 0 Å². The van der Waals surface area contributed by atoms with E-state index in [1.165, 1.54) is 16.0 Å². The van der Waals surface area contributed by atoms with Gasteiger partial charge in [-0.1, -0.05) is 33.3 Å². The number of aliphatic hydroxyl groups excluding tert-OH is 2. The Bertz CT molecular complexity index is 1270. The number of nitrogens with zero attached hydrogens (tertiary/aromatic N) is 1. The van der Waals surface area contributed by atoms with Crippen LogP contribution in [0, 0.1) is 29.1 Å². The molecule has 4 aliphatic rings. The van der Waals surface area contributed by atoms with Crippen LogP contribution in [0.2, 0.25) is 0 Å². The zero-order chi connectivity index (χ0) is 33.6. The lowest BCUT2D eigenvalue weighted by Crippen LogP contribution is -2.54. The summed E-state index contributed by atoms with van der Waals surface area (Å²) in [5.41, 5.74) is 2.34. The number of alkyl halides is 5. The Kier molecular flexibility index (Phi) is 10.5. The molecule has 46 heavy (non-hydrogen) atoms. The van der Waals surface area contributed by atoms with Gasteiger partial charge in [0.05, 0.1) is 25.3 Å². The van der Waals surface area contributed by atoms with Gasteiger partial charge >= 0.3 is 18.2 Å². The second-order valence-electron chi connectivity index (χ2n) is 14.8. The van der Waals surface area contributed by atoms with Gasteiger partial charge in [-0.3, -0.25) is 4.21 Å². The van der Waals surface area contributed by atoms with Crippen molar-refractivity contribution in [3.8, 4) is 5.75 Å². The van der Waals surface area contributed by atoms with Crippen LogP contribution >= 0.6 is 0 Å². The van der Waals surface area contributed by atoms with Gasteiger partial charge < -0.3 is 19.8 Å². The number of benzene rings is 1. The van der Waals surface area contributed by atoms with Crippen LogP contribution in [0.4, 0.5) is 26.7 Å². The van der Waals surface area contributed by atoms with E-state index >= 15 is 0 Å². The van der Waals surface area contributed by atoms with Gasteiger partial charge in [-0.2, -0.15) is 22.0 Å². The number of hydrogen-bond acceptors (Lipinski definition) is 5. The summed E-state index contributed by atoms with van der Waals surface area (Å²) in [5.74, 6) is -2.83. The zero-order valence-corrected chi connectivity index (χ0v) is 27.7. The van der Waals surface area contributed by atoms with E-state index in [0.717, 1.165) is 44.9 Å². The van der Waals surface area contributed by atoms with Gasteiger partial charge in [-0.05, 0) is 110 Å². The molecule has 2 N–H and O–H groups in total. The maximum absolute atomic E-state index is 13.3. The minimum Gasteiger partial charge on any atom is -0.410 e. The summed E-state index contributed by atoms with van der Waals surface area (Å²) >= 11 is 0. The van der Waals surface area contributed by atoms with E-state index in [4.69, 9.17) is 4.74 Å². The van der Waals surface area contributed by atoms with Crippen molar-refractivity contribution in [1.29, 1.82) is 0 Å². The maximum atomic E-state index is 13.3. The topological polar surface area (TPSA) is 87.1 Å². The standard InChI is InChI=1S/C34H48F5NO5S/c1-20(15-21(2)46(44)14-4-12-33(35,36)34(37,38)39)5-6-22-16-23-17-25(45-31(43)40-18-24(41)19-40)7-8-26(23)27-11-13-32(3)28(30(22)27)9-10-29(32)42/h7-8,17,20-22,24,27-30,41-42H,4-6,9-16,18-19H2,1-3H3/t20?,21?,22-,27-,28+,29+,30-,32+,46?/m1/s1. The summed E-state index contributed by atoms with van der Waals surface area (Å²) in [6.07, 6.45) is -1.81. The Balaban J connectivity index is 1.23. The van der Waals surface area contributed by atoms with Crippen molar-refractivity contribution in [3.05, 3.63) is 29.3 Å². The molecule has 1 aliphatic heterocycles. The first-order valence-corrected chi connectivity index (χ1v) is 18.2. The molecule has 3 aliphatic carbocycles. The third-order valence-corrected chi connectivity index (χ3v) is 13.4. The number of aliphatic hydroxyl groups is 2. The third kappa shape index (κ3) is 7.28. The van der Waals surface area contributed by atoms with Gasteiger partial charge in [0.25, 0.3) is 0 Å². The first-order chi connectivity index (χ1) is 21.5. The van der Waals surface area contributed by atoms with Crippen molar-refractivity contribution in [2.45, 2.75) is 120 Å². The molecule has 1 aromatic carbocycles. The fourth-order valence-corrected chi connectivity index (χ4v) is 10.3. The third-order valence-electron chi connectivity index (χ3n) is 11.6. The molecule has 3 fully saturated rings.